The van der Waals surface area contributed by atoms with Gasteiger partial charge in [0.2, 0.25) is 0 Å². The Morgan fingerprint density at radius 1 is 1.75 bits per heavy atom. The smallest absolute Gasteiger partial charge is 0.101 e. The van der Waals surface area contributed by atoms with Crippen LogP contribution in [0.15, 0.2) is 12.3 Å². The van der Waals surface area contributed by atoms with Gasteiger partial charge in [0.25, 0.3) is 0 Å². The number of hydrogen-bond donors (Lipinski definition) is 1. The minimum absolute atomic E-state index is 0.323. The van der Waals surface area contributed by atoms with Crippen molar-refractivity contribution in [1.82, 2.24) is 4.98 Å². The summed E-state index contributed by atoms with van der Waals surface area (Å²) in [5, 5.41) is 17.9. The summed E-state index contributed by atoms with van der Waals surface area (Å²) in [4.78, 5) is 3.84. The highest BCUT2D eigenvalue weighted by molar-refractivity contribution is 6.31. The highest BCUT2D eigenvalue weighted by atomic mass is 35.5. The predicted molar refractivity (Wildman–Crippen MR) is 44.6 cm³/mol. The van der Waals surface area contributed by atoms with Gasteiger partial charge in [-0.15, -0.1) is 0 Å². The van der Waals surface area contributed by atoms with Crippen LogP contribution in [-0.4, -0.2) is 10.1 Å². The van der Waals surface area contributed by atoms with E-state index in [2.05, 4.69) is 4.98 Å². The van der Waals surface area contributed by atoms with Crippen LogP contribution in [0.1, 0.15) is 24.3 Å². The molecule has 0 amide bonds. The maximum Gasteiger partial charge on any atom is 0.101 e. The summed E-state index contributed by atoms with van der Waals surface area (Å²) in [5.41, 5.74) is 0.792. The molecule has 0 saturated carbocycles. The van der Waals surface area contributed by atoms with Gasteiger partial charge in [-0.2, -0.15) is 5.26 Å². The molecule has 1 aromatic rings. The van der Waals surface area contributed by atoms with Crippen molar-refractivity contribution in [2.24, 2.45) is 0 Å². The van der Waals surface area contributed by atoms with Crippen LogP contribution in [0.2, 0.25) is 5.02 Å². The number of aliphatic hydroxyl groups excluding tert-OH is 1. The summed E-state index contributed by atoms with van der Waals surface area (Å²) >= 11 is 5.73. The first-order chi connectivity index (χ1) is 5.65. The zero-order valence-corrected chi connectivity index (χ0v) is 7.21. The van der Waals surface area contributed by atoms with E-state index in [0.29, 0.717) is 16.3 Å². The first kappa shape index (κ1) is 8.98. The van der Waals surface area contributed by atoms with E-state index in [0.717, 1.165) is 0 Å². The minimum Gasteiger partial charge on any atom is -0.387 e. The fraction of sp³-hybridized carbons (Fsp3) is 0.250. The molecule has 1 atom stereocenters. The lowest BCUT2D eigenvalue weighted by Gasteiger charge is -2.04. The third-order valence-corrected chi connectivity index (χ3v) is 1.70. The van der Waals surface area contributed by atoms with Crippen molar-refractivity contribution in [2.75, 3.05) is 0 Å². The largest absolute Gasteiger partial charge is 0.387 e. The number of nitrogens with zero attached hydrogens (tertiary/aromatic N) is 2. The third kappa shape index (κ3) is 1.73. The zero-order valence-electron chi connectivity index (χ0n) is 6.45. The van der Waals surface area contributed by atoms with Gasteiger partial charge < -0.3 is 5.11 Å². The Bertz CT molecular complexity index is 330. The van der Waals surface area contributed by atoms with Gasteiger partial charge in [0.05, 0.1) is 22.4 Å². The number of hydrogen-bond acceptors (Lipinski definition) is 3. The summed E-state index contributed by atoms with van der Waals surface area (Å²) in [6.45, 7) is 1.57. The molecule has 0 fully saturated rings. The van der Waals surface area contributed by atoms with Crippen LogP contribution in [0.25, 0.3) is 0 Å². The first-order valence-electron chi connectivity index (χ1n) is 3.38. The van der Waals surface area contributed by atoms with Crippen molar-refractivity contribution in [2.45, 2.75) is 13.0 Å². The Labute approximate surface area is 75.2 Å². The van der Waals surface area contributed by atoms with Crippen molar-refractivity contribution in [3.8, 4) is 6.07 Å². The lowest BCUT2D eigenvalue weighted by Crippen LogP contribution is -1.96. The molecule has 0 bridgehead atoms. The predicted octanol–water partition coefficient (Wildman–Crippen LogP) is 1.66. The quantitative estimate of drug-likeness (QED) is 0.719. The summed E-state index contributed by atoms with van der Waals surface area (Å²) in [6.07, 6.45) is 0.679. The Balaban J connectivity index is 3.14. The van der Waals surface area contributed by atoms with E-state index in [4.69, 9.17) is 22.0 Å². The van der Waals surface area contributed by atoms with Crippen molar-refractivity contribution in [3.05, 3.63) is 28.5 Å². The highest BCUT2D eigenvalue weighted by Crippen LogP contribution is 2.20. The Morgan fingerprint density at radius 2 is 2.42 bits per heavy atom. The van der Waals surface area contributed by atoms with Crippen LogP contribution < -0.4 is 0 Å². The number of pyridine rings is 1. The second-order valence-corrected chi connectivity index (χ2v) is 2.79. The molecule has 1 heterocycles. The molecule has 3 nitrogen and oxygen atoms in total. The van der Waals surface area contributed by atoms with Crippen molar-refractivity contribution >= 4 is 11.6 Å². The standard InChI is InChI=1S/C8H7ClN2O/c1-5(12)8-7(9)2-6(3-10)4-11-8/h2,4-5,12H,1H3. The maximum atomic E-state index is 9.14. The average molecular weight is 183 g/mol. The van der Waals surface area contributed by atoms with E-state index in [9.17, 15) is 0 Å². The van der Waals surface area contributed by atoms with E-state index < -0.39 is 6.10 Å². The molecule has 12 heavy (non-hydrogen) atoms. The summed E-state index contributed by atoms with van der Waals surface area (Å²) in [7, 11) is 0. The zero-order chi connectivity index (χ0) is 9.14. The molecule has 0 aliphatic carbocycles. The van der Waals surface area contributed by atoms with E-state index in [1.165, 1.54) is 12.3 Å². The molecule has 0 aliphatic heterocycles. The second kappa shape index (κ2) is 3.53. The minimum atomic E-state index is -0.703. The maximum absolute atomic E-state index is 9.14. The summed E-state index contributed by atoms with van der Waals surface area (Å²) < 4.78 is 0. The molecule has 0 aromatic carbocycles. The van der Waals surface area contributed by atoms with E-state index in [1.807, 2.05) is 6.07 Å². The molecule has 1 rings (SSSR count). The van der Waals surface area contributed by atoms with Gasteiger partial charge in [-0.1, -0.05) is 11.6 Å². The molecule has 0 aliphatic rings. The molecule has 1 aromatic heterocycles. The summed E-state index contributed by atoms with van der Waals surface area (Å²) in [5.74, 6) is 0. The molecular weight excluding hydrogens is 176 g/mol. The van der Waals surface area contributed by atoms with Crippen LogP contribution in [0, 0.1) is 11.3 Å². The lowest BCUT2D eigenvalue weighted by molar-refractivity contribution is 0.194. The van der Waals surface area contributed by atoms with Crippen LogP contribution in [-0.2, 0) is 0 Å². The van der Waals surface area contributed by atoms with Gasteiger partial charge in [-0.25, -0.2) is 0 Å². The van der Waals surface area contributed by atoms with Crippen LogP contribution >= 0.6 is 11.6 Å². The lowest BCUT2D eigenvalue weighted by atomic mass is 10.2. The molecule has 1 unspecified atom stereocenters. The van der Waals surface area contributed by atoms with Gasteiger partial charge in [0.15, 0.2) is 0 Å². The van der Waals surface area contributed by atoms with Crippen LogP contribution in [0.5, 0.6) is 0 Å². The summed E-state index contributed by atoms with van der Waals surface area (Å²) in [6, 6.07) is 3.39. The number of rotatable bonds is 1. The molecule has 0 saturated heterocycles. The third-order valence-electron chi connectivity index (χ3n) is 1.39. The number of aromatic nitrogens is 1. The average Bonchev–Trinajstić information content (AvgIpc) is 2.03. The molecule has 1 N–H and O–H groups in total. The normalized spacial score (nSPS) is 12.2. The Morgan fingerprint density at radius 3 is 2.83 bits per heavy atom. The van der Waals surface area contributed by atoms with E-state index in [-0.39, 0.29) is 0 Å². The molecule has 4 heteroatoms. The van der Waals surface area contributed by atoms with Crippen LogP contribution in [0.3, 0.4) is 0 Å². The molecular formula is C8H7ClN2O. The number of halogens is 1. The van der Waals surface area contributed by atoms with Gasteiger partial charge in [-0.05, 0) is 13.0 Å². The van der Waals surface area contributed by atoms with Crippen LogP contribution in [0.4, 0.5) is 0 Å². The van der Waals surface area contributed by atoms with E-state index >= 15 is 0 Å². The Hall–Kier alpha value is -1.11. The fourth-order valence-electron chi connectivity index (χ4n) is 0.817. The van der Waals surface area contributed by atoms with Gasteiger partial charge in [0.1, 0.15) is 6.07 Å². The van der Waals surface area contributed by atoms with E-state index in [1.54, 1.807) is 6.92 Å². The van der Waals surface area contributed by atoms with Crippen molar-refractivity contribution in [3.63, 3.8) is 0 Å². The topological polar surface area (TPSA) is 56.9 Å². The highest BCUT2D eigenvalue weighted by Gasteiger charge is 2.08. The number of nitriles is 1. The first-order valence-corrected chi connectivity index (χ1v) is 3.76. The SMILES string of the molecule is CC(O)c1ncc(C#N)cc1Cl. The number of aliphatic hydroxyl groups is 1. The fourth-order valence-corrected chi connectivity index (χ4v) is 1.14. The van der Waals surface area contributed by atoms with Crippen molar-refractivity contribution < 1.29 is 5.11 Å². The van der Waals surface area contributed by atoms with Crippen molar-refractivity contribution in [1.29, 1.82) is 5.26 Å². The monoisotopic (exact) mass is 182 g/mol. The Kier molecular flexibility index (Phi) is 2.64. The molecule has 0 radical (unpaired) electrons. The molecule has 62 valence electrons. The second-order valence-electron chi connectivity index (χ2n) is 2.38. The molecule has 0 spiro atoms. The van der Waals surface area contributed by atoms with Gasteiger partial charge >= 0.3 is 0 Å². The van der Waals surface area contributed by atoms with Gasteiger partial charge in [0, 0.05) is 6.20 Å². The van der Waals surface area contributed by atoms with Gasteiger partial charge in [-0.3, -0.25) is 4.98 Å².